The van der Waals surface area contributed by atoms with Gasteiger partial charge in [-0.3, -0.25) is 4.79 Å². The average molecular weight is 222 g/mol. The lowest BCUT2D eigenvalue weighted by Gasteiger charge is -2.15. The molecule has 3 nitrogen and oxygen atoms in total. The van der Waals surface area contributed by atoms with E-state index < -0.39 is 0 Å². The largest absolute Gasteiger partial charge is 0.501 e. The highest BCUT2D eigenvalue weighted by atomic mass is 16.5. The van der Waals surface area contributed by atoms with E-state index in [1.807, 2.05) is 19.1 Å². The minimum absolute atomic E-state index is 0.0139. The van der Waals surface area contributed by atoms with E-state index in [0.717, 1.165) is 18.6 Å². The fourth-order valence-electron chi connectivity index (χ4n) is 2.70. The minimum atomic E-state index is -0.0583. The van der Waals surface area contributed by atoms with Crippen LogP contribution in [-0.4, -0.2) is 19.7 Å². The van der Waals surface area contributed by atoms with Gasteiger partial charge in [0.05, 0.1) is 25.4 Å². The highest BCUT2D eigenvalue weighted by Gasteiger charge is 2.40. The number of carbonyl (C=O) groups excluding carboxylic acids is 1. The van der Waals surface area contributed by atoms with Gasteiger partial charge in [-0.1, -0.05) is 12.2 Å². The van der Waals surface area contributed by atoms with E-state index in [0.29, 0.717) is 18.4 Å². The molecule has 1 fully saturated rings. The predicted molar refractivity (Wildman–Crippen MR) is 60.6 cm³/mol. The summed E-state index contributed by atoms with van der Waals surface area (Å²) in [4.78, 5) is 11.8. The van der Waals surface area contributed by atoms with Crippen LogP contribution >= 0.6 is 0 Å². The third-order valence-electron chi connectivity index (χ3n) is 3.46. The summed E-state index contributed by atoms with van der Waals surface area (Å²) >= 11 is 0. The molecule has 3 atom stereocenters. The number of esters is 1. The maximum Gasteiger partial charge on any atom is 0.309 e. The Morgan fingerprint density at radius 1 is 1.50 bits per heavy atom. The summed E-state index contributed by atoms with van der Waals surface area (Å²) in [6.07, 6.45) is 7.96. The van der Waals surface area contributed by atoms with Crippen LogP contribution in [0.25, 0.3) is 0 Å². The molecule has 0 unspecified atom stereocenters. The summed E-state index contributed by atoms with van der Waals surface area (Å²) in [5.41, 5.74) is 0. The highest BCUT2D eigenvalue weighted by molar-refractivity contribution is 5.73. The first kappa shape index (κ1) is 11.2. The molecule has 2 aliphatic rings. The van der Waals surface area contributed by atoms with Crippen molar-refractivity contribution in [3.63, 3.8) is 0 Å². The number of methoxy groups -OCH3 is 1. The third-order valence-corrected chi connectivity index (χ3v) is 3.46. The zero-order chi connectivity index (χ0) is 11.5. The van der Waals surface area contributed by atoms with E-state index in [2.05, 4.69) is 6.08 Å². The number of carbonyl (C=O) groups is 1. The van der Waals surface area contributed by atoms with Crippen LogP contribution in [0.3, 0.4) is 0 Å². The second-order valence-electron chi connectivity index (χ2n) is 4.35. The van der Waals surface area contributed by atoms with Crippen LogP contribution in [0.4, 0.5) is 0 Å². The molecule has 0 radical (unpaired) electrons. The molecule has 0 aromatic heterocycles. The lowest BCUT2D eigenvalue weighted by atomic mass is 9.95. The molecular formula is C13H18O3. The molecule has 2 aliphatic carbocycles. The molecule has 0 N–H and O–H groups in total. The normalized spacial score (nSPS) is 31.9. The van der Waals surface area contributed by atoms with Gasteiger partial charge in [0, 0.05) is 5.92 Å². The first-order valence-electron chi connectivity index (χ1n) is 5.85. The first-order valence-corrected chi connectivity index (χ1v) is 5.85. The Morgan fingerprint density at radius 3 is 3.00 bits per heavy atom. The van der Waals surface area contributed by atoms with Crippen LogP contribution in [-0.2, 0) is 14.3 Å². The Labute approximate surface area is 96.1 Å². The number of rotatable bonds is 3. The van der Waals surface area contributed by atoms with Crippen molar-refractivity contribution in [3.8, 4) is 0 Å². The number of fused-ring (bicyclic) bond motifs is 2. The molecule has 0 heterocycles. The predicted octanol–water partition coefficient (Wildman–Crippen LogP) is 2.29. The molecule has 2 rings (SSSR count). The van der Waals surface area contributed by atoms with Crippen molar-refractivity contribution in [2.45, 2.75) is 19.8 Å². The van der Waals surface area contributed by atoms with Gasteiger partial charge in [-0.25, -0.2) is 0 Å². The fraction of sp³-hybridized carbons (Fsp3) is 0.615. The van der Waals surface area contributed by atoms with E-state index in [1.54, 1.807) is 7.11 Å². The molecule has 0 saturated heterocycles. The van der Waals surface area contributed by atoms with Gasteiger partial charge in [0.25, 0.3) is 0 Å². The van der Waals surface area contributed by atoms with E-state index in [1.165, 1.54) is 0 Å². The van der Waals surface area contributed by atoms with Gasteiger partial charge in [0.1, 0.15) is 0 Å². The molecule has 16 heavy (non-hydrogen) atoms. The summed E-state index contributed by atoms with van der Waals surface area (Å²) in [5, 5.41) is 0. The fourth-order valence-corrected chi connectivity index (χ4v) is 2.70. The third kappa shape index (κ3) is 1.99. The second-order valence-corrected chi connectivity index (χ2v) is 4.35. The van der Waals surface area contributed by atoms with Gasteiger partial charge in [0.15, 0.2) is 0 Å². The van der Waals surface area contributed by atoms with Crippen molar-refractivity contribution in [1.29, 1.82) is 0 Å². The van der Waals surface area contributed by atoms with Crippen LogP contribution in [0.1, 0.15) is 19.8 Å². The number of allylic oxidation sites excluding steroid dienone is 4. The quantitative estimate of drug-likeness (QED) is 0.687. The molecule has 1 saturated carbocycles. The van der Waals surface area contributed by atoms with Gasteiger partial charge in [-0.05, 0) is 31.8 Å². The van der Waals surface area contributed by atoms with Gasteiger partial charge < -0.3 is 9.47 Å². The SMILES string of the molecule is CCOC(=O)[C@@H]1C[C@H]2C[C@H]1C=CC=C2OC. The van der Waals surface area contributed by atoms with Gasteiger partial charge >= 0.3 is 5.97 Å². The number of hydrogen-bond acceptors (Lipinski definition) is 3. The van der Waals surface area contributed by atoms with E-state index >= 15 is 0 Å². The Hall–Kier alpha value is -1.25. The second kappa shape index (κ2) is 4.73. The topological polar surface area (TPSA) is 35.5 Å². The Kier molecular flexibility index (Phi) is 3.32. The van der Waals surface area contributed by atoms with E-state index in [9.17, 15) is 4.79 Å². The standard InChI is InChI=1S/C13H18O3/c1-3-16-13(14)11-8-10-7-9(11)5-4-6-12(10)15-2/h4-6,9-11H,3,7-8H2,1-2H3/t9-,10-,11-/m1/s1. The molecular weight excluding hydrogens is 204 g/mol. The minimum Gasteiger partial charge on any atom is -0.501 e. The lowest BCUT2D eigenvalue weighted by Crippen LogP contribution is -2.20. The molecule has 0 aliphatic heterocycles. The highest BCUT2D eigenvalue weighted by Crippen LogP contribution is 2.43. The molecule has 3 heteroatoms. The van der Waals surface area contributed by atoms with Crippen molar-refractivity contribution in [1.82, 2.24) is 0 Å². The summed E-state index contributed by atoms with van der Waals surface area (Å²) < 4.78 is 10.5. The molecule has 0 aromatic rings. The van der Waals surface area contributed by atoms with Gasteiger partial charge in [-0.15, -0.1) is 0 Å². The molecule has 0 amide bonds. The van der Waals surface area contributed by atoms with Crippen molar-refractivity contribution in [2.75, 3.05) is 13.7 Å². The van der Waals surface area contributed by atoms with Crippen molar-refractivity contribution in [2.24, 2.45) is 17.8 Å². The average Bonchev–Trinajstić information content (AvgIpc) is 2.55. The zero-order valence-electron chi connectivity index (χ0n) is 9.81. The summed E-state index contributed by atoms with van der Waals surface area (Å²) in [5.74, 6) is 1.63. The van der Waals surface area contributed by atoms with Crippen LogP contribution in [0.15, 0.2) is 24.0 Å². The van der Waals surface area contributed by atoms with Crippen LogP contribution in [0.5, 0.6) is 0 Å². The summed E-state index contributed by atoms with van der Waals surface area (Å²) in [6, 6.07) is 0. The smallest absolute Gasteiger partial charge is 0.309 e. The Morgan fingerprint density at radius 2 is 2.31 bits per heavy atom. The maximum atomic E-state index is 11.8. The monoisotopic (exact) mass is 222 g/mol. The Balaban J connectivity index is 2.10. The zero-order valence-corrected chi connectivity index (χ0v) is 9.81. The van der Waals surface area contributed by atoms with Crippen LogP contribution in [0.2, 0.25) is 0 Å². The molecule has 0 aromatic carbocycles. The van der Waals surface area contributed by atoms with Crippen LogP contribution < -0.4 is 0 Å². The molecule has 88 valence electrons. The summed E-state index contributed by atoms with van der Waals surface area (Å²) in [7, 11) is 1.69. The maximum absolute atomic E-state index is 11.8. The number of hydrogen-bond donors (Lipinski definition) is 0. The van der Waals surface area contributed by atoms with Crippen molar-refractivity contribution in [3.05, 3.63) is 24.0 Å². The van der Waals surface area contributed by atoms with Crippen LogP contribution in [0, 0.1) is 17.8 Å². The Bertz CT molecular complexity index is 330. The number of ether oxygens (including phenoxy) is 2. The van der Waals surface area contributed by atoms with Gasteiger partial charge in [0.2, 0.25) is 0 Å². The summed E-state index contributed by atoms with van der Waals surface area (Å²) in [6.45, 7) is 2.31. The van der Waals surface area contributed by atoms with Crippen molar-refractivity contribution >= 4 is 5.97 Å². The van der Waals surface area contributed by atoms with E-state index in [-0.39, 0.29) is 11.9 Å². The molecule has 2 bridgehead atoms. The molecule has 0 spiro atoms. The van der Waals surface area contributed by atoms with Gasteiger partial charge in [-0.2, -0.15) is 0 Å². The van der Waals surface area contributed by atoms with Crippen molar-refractivity contribution < 1.29 is 14.3 Å². The van der Waals surface area contributed by atoms with E-state index in [4.69, 9.17) is 9.47 Å². The lowest BCUT2D eigenvalue weighted by molar-refractivity contribution is -0.148. The first-order chi connectivity index (χ1) is 7.76.